The Kier molecular flexibility index (Phi) is 5.19. The van der Waals surface area contributed by atoms with E-state index in [1.807, 2.05) is 0 Å². The molecular weight excluding hydrogens is 376 g/mol. The summed E-state index contributed by atoms with van der Waals surface area (Å²) in [6.07, 6.45) is -0.914. The van der Waals surface area contributed by atoms with Gasteiger partial charge in [-0.05, 0) is 17.7 Å². The number of aliphatic carboxylic acids is 1. The van der Waals surface area contributed by atoms with Crippen LogP contribution in [0.4, 0.5) is 10.7 Å². The molecule has 140 valence electrons. The molecule has 0 fully saturated rings. The quantitative estimate of drug-likeness (QED) is 0.580. The summed E-state index contributed by atoms with van der Waals surface area (Å²) in [4.78, 5) is 46.7. The first kappa shape index (κ1) is 18.5. The van der Waals surface area contributed by atoms with Gasteiger partial charge < -0.3 is 25.6 Å². The van der Waals surface area contributed by atoms with E-state index >= 15 is 0 Å². The van der Waals surface area contributed by atoms with E-state index < -0.39 is 29.9 Å². The molecule has 2 aromatic rings. The monoisotopic (exact) mass is 390 g/mol. The minimum Gasteiger partial charge on any atom is -0.478 e. The van der Waals surface area contributed by atoms with E-state index in [0.717, 1.165) is 11.3 Å². The van der Waals surface area contributed by atoms with E-state index in [0.29, 0.717) is 16.1 Å². The molecule has 3 rings (SSSR count). The molecule has 2 heterocycles. The fourth-order valence-corrected chi connectivity index (χ4v) is 3.79. The van der Waals surface area contributed by atoms with Crippen molar-refractivity contribution in [3.8, 4) is 0 Å². The molecule has 1 atom stereocenters. The highest BCUT2D eigenvalue weighted by atomic mass is 32.1. The molecule has 0 bridgehead atoms. The number of hydrogen-bond acceptors (Lipinski definition) is 6. The van der Waals surface area contributed by atoms with Crippen LogP contribution in [0.25, 0.3) is 0 Å². The fourth-order valence-electron chi connectivity index (χ4n) is 2.65. The number of thiophene rings is 1. The van der Waals surface area contributed by atoms with Crippen LogP contribution in [0.5, 0.6) is 0 Å². The highest BCUT2D eigenvalue weighted by molar-refractivity contribution is 7.17. The molecule has 1 unspecified atom stereocenters. The van der Waals surface area contributed by atoms with Crippen LogP contribution in [0.15, 0.2) is 30.3 Å². The molecule has 0 saturated carbocycles. The van der Waals surface area contributed by atoms with Crippen molar-refractivity contribution in [3.63, 3.8) is 0 Å². The van der Waals surface area contributed by atoms with Crippen molar-refractivity contribution in [1.29, 1.82) is 0 Å². The number of anilines is 2. The Morgan fingerprint density at radius 3 is 2.41 bits per heavy atom. The summed E-state index contributed by atoms with van der Waals surface area (Å²) in [6.45, 7) is -0.0178. The van der Waals surface area contributed by atoms with Crippen LogP contribution in [0.1, 0.15) is 20.8 Å². The lowest BCUT2D eigenvalue weighted by Crippen LogP contribution is -2.35. The van der Waals surface area contributed by atoms with Gasteiger partial charge in [0.05, 0.1) is 12.2 Å². The molecule has 1 aromatic heterocycles. The predicted octanol–water partition coefficient (Wildman–Crippen LogP) is 1.55. The van der Waals surface area contributed by atoms with Crippen LogP contribution in [-0.4, -0.2) is 40.1 Å². The number of carboxylic acid groups (broad SMARTS) is 2. The Morgan fingerprint density at radius 1 is 1.07 bits per heavy atom. The summed E-state index contributed by atoms with van der Waals surface area (Å²) in [6, 6.07) is 8.73. The van der Waals surface area contributed by atoms with E-state index in [-0.39, 0.29) is 23.6 Å². The number of ether oxygens (including phenoxy) is 1. The van der Waals surface area contributed by atoms with Crippen LogP contribution in [-0.2, 0) is 32.1 Å². The zero-order valence-corrected chi connectivity index (χ0v) is 14.5. The average Bonchev–Trinajstić information content (AvgIpc) is 2.99. The first-order chi connectivity index (χ1) is 12.9. The molecule has 0 radical (unpaired) electrons. The molecule has 0 aliphatic carbocycles. The molecule has 9 nitrogen and oxygen atoms in total. The van der Waals surface area contributed by atoms with E-state index in [9.17, 15) is 24.3 Å². The molecular formula is C17H14N2O7S. The van der Waals surface area contributed by atoms with E-state index in [2.05, 4.69) is 10.6 Å². The van der Waals surface area contributed by atoms with Crippen LogP contribution in [0.3, 0.4) is 0 Å². The lowest BCUT2D eigenvalue weighted by atomic mass is 10.0. The molecule has 0 saturated heterocycles. The number of para-hydroxylation sites is 1. The lowest BCUT2D eigenvalue weighted by Gasteiger charge is -2.22. The maximum absolute atomic E-state index is 12.4. The highest BCUT2D eigenvalue weighted by Gasteiger charge is 2.33. The maximum atomic E-state index is 12.4. The van der Waals surface area contributed by atoms with Crippen LogP contribution < -0.4 is 10.6 Å². The predicted molar refractivity (Wildman–Crippen MR) is 94.9 cm³/mol. The van der Waals surface area contributed by atoms with Gasteiger partial charge in [-0.2, -0.15) is 0 Å². The summed E-state index contributed by atoms with van der Waals surface area (Å²) in [5, 5.41) is 22.9. The van der Waals surface area contributed by atoms with Crippen molar-refractivity contribution in [3.05, 3.63) is 46.3 Å². The second kappa shape index (κ2) is 7.56. The molecule has 4 N–H and O–H groups in total. The first-order valence-electron chi connectivity index (χ1n) is 7.76. The maximum Gasteiger partial charge on any atom is 0.394 e. The van der Waals surface area contributed by atoms with Gasteiger partial charge in [-0.3, -0.25) is 9.59 Å². The smallest absolute Gasteiger partial charge is 0.394 e. The third kappa shape index (κ3) is 3.96. The Bertz CT molecular complexity index is 923. The molecule has 1 aliphatic rings. The van der Waals surface area contributed by atoms with Crippen molar-refractivity contribution in [2.45, 2.75) is 19.1 Å². The summed E-state index contributed by atoms with van der Waals surface area (Å²) in [5.74, 6) is -4.81. The molecule has 10 heteroatoms. The summed E-state index contributed by atoms with van der Waals surface area (Å²) < 4.78 is 5.52. The van der Waals surface area contributed by atoms with Gasteiger partial charge in [-0.1, -0.05) is 18.2 Å². The van der Waals surface area contributed by atoms with Crippen molar-refractivity contribution in [2.75, 3.05) is 10.6 Å². The summed E-state index contributed by atoms with van der Waals surface area (Å²) in [5.41, 5.74) is 0.716. The normalized spacial score (nSPS) is 15.5. The number of benzene rings is 1. The van der Waals surface area contributed by atoms with Gasteiger partial charge in [-0.25, -0.2) is 9.59 Å². The average molecular weight is 390 g/mol. The number of carbonyl (C=O) groups excluding carboxylic acids is 2. The van der Waals surface area contributed by atoms with Gasteiger partial charge in [0.1, 0.15) is 11.1 Å². The topological polar surface area (TPSA) is 142 Å². The van der Waals surface area contributed by atoms with Gasteiger partial charge in [0.25, 0.3) is 5.91 Å². The Labute approximate surface area is 156 Å². The van der Waals surface area contributed by atoms with Crippen LogP contribution in [0, 0.1) is 0 Å². The SMILES string of the molecule is O=C(O)C(=O)Nc1sc2c(c1C(=O)O)CC(C(=O)Nc1ccccc1)OC2. The zero-order chi connectivity index (χ0) is 19.6. The van der Waals surface area contributed by atoms with Crippen molar-refractivity contribution >= 4 is 45.8 Å². The molecule has 0 spiro atoms. The van der Waals surface area contributed by atoms with Gasteiger partial charge in [0.2, 0.25) is 0 Å². The second-order valence-corrected chi connectivity index (χ2v) is 6.74. The minimum atomic E-state index is -1.73. The number of fused-ring (bicyclic) bond motifs is 1. The third-order valence-corrected chi connectivity index (χ3v) is 4.99. The number of rotatable bonds is 4. The fraction of sp³-hybridized carbons (Fsp3) is 0.176. The van der Waals surface area contributed by atoms with Crippen LogP contribution >= 0.6 is 11.3 Å². The molecule has 1 aliphatic heterocycles. The first-order valence-corrected chi connectivity index (χ1v) is 8.58. The molecule has 27 heavy (non-hydrogen) atoms. The highest BCUT2D eigenvalue weighted by Crippen LogP contribution is 2.38. The van der Waals surface area contributed by atoms with E-state index in [4.69, 9.17) is 9.84 Å². The Hall–Kier alpha value is -3.24. The lowest BCUT2D eigenvalue weighted by molar-refractivity contribution is -0.147. The number of amides is 2. The Morgan fingerprint density at radius 2 is 1.78 bits per heavy atom. The van der Waals surface area contributed by atoms with E-state index in [1.165, 1.54) is 0 Å². The number of carboxylic acids is 2. The van der Waals surface area contributed by atoms with E-state index in [1.54, 1.807) is 30.3 Å². The number of carbonyl (C=O) groups is 4. The van der Waals surface area contributed by atoms with Gasteiger partial charge >= 0.3 is 17.8 Å². The summed E-state index contributed by atoms with van der Waals surface area (Å²) in [7, 11) is 0. The van der Waals surface area contributed by atoms with Crippen molar-refractivity contribution < 1.29 is 34.1 Å². The second-order valence-electron chi connectivity index (χ2n) is 5.63. The number of nitrogens with one attached hydrogen (secondary N) is 2. The van der Waals surface area contributed by atoms with Gasteiger partial charge in [0, 0.05) is 17.0 Å². The Balaban J connectivity index is 1.83. The minimum absolute atomic E-state index is 0.00489. The number of hydrogen-bond donors (Lipinski definition) is 4. The number of aromatic carboxylic acids is 1. The van der Waals surface area contributed by atoms with Gasteiger partial charge in [-0.15, -0.1) is 11.3 Å². The molecule has 2 amide bonds. The van der Waals surface area contributed by atoms with Crippen molar-refractivity contribution in [2.24, 2.45) is 0 Å². The molecule has 1 aromatic carbocycles. The standard InChI is InChI=1S/C17H14N2O7S/c20-13(18-8-4-2-1-3-5-8)10-6-9-11(7-26-10)27-15(12(9)16(22)23)19-14(21)17(24)25/h1-5,10H,6-7H2,(H,18,20)(H,19,21)(H,22,23)(H,24,25). The summed E-state index contributed by atoms with van der Waals surface area (Å²) >= 11 is 0.921. The van der Waals surface area contributed by atoms with Crippen LogP contribution in [0.2, 0.25) is 0 Å². The van der Waals surface area contributed by atoms with Crippen molar-refractivity contribution in [1.82, 2.24) is 0 Å². The largest absolute Gasteiger partial charge is 0.478 e. The third-order valence-electron chi connectivity index (χ3n) is 3.86. The van der Waals surface area contributed by atoms with Gasteiger partial charge in [0.15, 0.2) is 0 Å². The zero-order valence-electron chi connectivity index (χ0n) is 13.7.